The predicted molar refractivity (Wildman–Crippen MR) is 77.8 cm³/mol. The van der Waals surface area contributed by atoms with Crippen LogP contribution in [0.4, 0.5) is 0 Å². The molecule has 96 valence electrons. The van der Waals surface area contributed by atoms with Gasteiger partial charge in [-0.1, -0.05) is 12.2 Å². The number of nitrogens with one attached hydrogen (secondary N) is 1. The van der Waals surface area contributed by atoms with Gasteiger partial charge in [0.15, 0.2) is 0 Å². The molecule has 2 rings (SSSR count). The van der Waals surface area contributed by atoms with Crippen LogP contribution in [-0.2, 0) is 0 Å². The second-order valence-electron chi connectivity index (χ2n) is 4.37. The van der Waals surface area contributed by atoms with E-state index in [1.807, 2.05) is 38.1 Å². The molecule has 0 aliphatic carbocycles. The van der Waals surface area contributed by atoms with Crippen LogP contribution in [0.1, 0.15) is 16.7 Å². The number of methoxy groups -OCH3 is 1. The van der Waals surface area contributed by atoms with E-state index >= 15 is 0 Å². The summed E-state index contributed by atoms with van der Waals surface area (Å²) in [6.45, 7) is 3.96. The molecule has 4 heteroatoms. The maximum absolute atomic E-state index is 8.96. The Morgan fingerprint density at radius 1 is 1.21 bits per heavy atom. The third-order valence-corrected chi connectivity index (χ3v) is 3.36. The summed E-state index contributed by atoms with van der Waals surface area (Å²) in [6, 6.07) is 9.85. The fourth-order valence-corrected chi connectivity index (χ4v) is 2.26. The molecule has 0 fully saturated rings. The maximum Gasteiger partial charge on any atom is 0.121 e. The summed E-state index contributed by atoms with van der Waals surface area (Å²) in [5.41, 5.74) is 4.53. The van der Waals surface area contributed by atoms with Crippen LogP contribution >= 0.6 is 12.2 Å². The van der Waals surface area contributed by atoms with E-state index in [9.17, 15) is 0 Å². The van der Waals surface area contributed by atoms with Crippen molar-refractivity contribution in [2.75, 3.05) is 7.11 Å². The Morgan fingerprint density at radius 3 is 2.53 bits per heavy atom. The second-order valence-corrected chi connectivity index (χ2v) is 4.77. The van der Waals surface area contributed by atoms with E-state index in [0.29, 0.717) is 10.2 Å². The van der Waals surface area contributed by atoms with Gasteiger partial charge in [0.25, 0.3) is 0 Å². The minimum absolute atomic E-state index is 0.469. The number of pyridine rings is 1. The monoisotopic (exact) mass is 270 g/mol. The lowest BCUT2D eigenvalue weighted by atomic mass is 10.0. The Bertz CT molecular complexity index is 726. The highest BCUT2D eigenvalue weighted by Gasteiger charge is 2.07. The van der Waals surface area contributed by atoms with Crippen LogP contribution in [-0.4, -0.2) is 12.1 Å². The van der Waals surface area contributed by atoms with E-state index in [1.54, 1.807) is 7.11 Å². The number of aryl methyl sites for hydroxylation is 2. The van der Waals surface area contributed by atoms with Gasteiger partial charge in [-0.2, -0.15) is 5.26 Å². The van der Waals surface area contributed by atoms with Crippen molar-refractivity contribution in [3.8, 4) is 23.1 Å². The van der Waals surface area contributed by atoms with Crippen LogP contribution in [0.25, 0.3) is 11.3 Å². The van der Waals surface area contributed by atoms with Crippen molar-refractivity contribution in [2.24, 2.45) is 0 Å². The molecule has 0 saturated heterocycles. The summed E-state index contributed by atoms with van der Waals surface area (Å²) in [7, 11) is 1.66. The van der Waals surface area contributed by atoms with Crippen LogP contribution < -0.4 is 4.74 Å². The average Bonchev–Trinajstić information content (AvgIpc) is 2.40. The van der Waals surface area contributed by atoms with E-state index in [-0.39, 0.29) is 0 Å². The van der Waals surface area contributed by atoms with Gasteiger partial charge in [-0.25, -0.2) is 0 Å². The Labute approximate surface area is 117 Å². The van der Waals surface area contributed by atoms with Gasteiger partial charge in [0.05, 0.1) is 12.7 Å². The third-order valence-electron chi connectivity index (χ3n) is 3.04. The smallest absolute Gasteiger partial charge is 0.121 e. The van der Waals surface area contributed by atoms with Gasteiger partial charge in [-0.3, -0.25) is 0 Å². The zero-order chi connectivity index (χ0) is 14.0. The molecule has 1 aromatic carbocycles. The highest BCUT2D eigenvalue weighted by Crippen LogP contribution is 2.27. The number of hydrogen-bond donors (Lipinski definition) is 1. The summed E-state index contributed by atoms with van der Waals surface area (Å²) in [6.07, 6.45) is 0. The number of H-pyrrole nitrogens is 1. The second kappa shape index (κ2) is 5.25. The van der Waals surface area contributed by atoms with E-state index < -0.39 is 0 Å². The molecule has 19 heavy (non-hydrogen) atoms. The number of benzene rings is 1. The van der Waals surface area contributed by atoms with Crippen molar-refractivity contribution in [2.45, 2.75) is 13.8 Å². The molecule has 3 nitrogen and oxygen atoms in total. The van der Waals surface area contributed by atoms with Gasteiger partial charge in [0.1, 0.15) is 16.5 Å². The maximum atomic E-state index is 8.96. The number of aromatic amines is 1. The van der Waals surface area contributed by atoms with Crippen molar-refractivity contribution in [1.29, 1.82) is 5.26 Å². The van der Waals surface area contributed by atoms with Crippen LogP contribution in [0.3, 0.4) is 0 Å². The SMILES string of the molecule is COc1ccc(-c2[nH]c(=S)c(C#N)cc2C)cc1C. The quantitative estimate of drug-likeness (QED) is 0.842. The zero-order valence-electron chi connectivity index (χ0n) is 11.1. The lowest BCUT2D eigenvalue weighted by Gasteiger charge is -2.10. The van der Waals surface area contributed by atoms with Crippen molar-refractivity contribution >= 4 is 12.2 Å². The molecule has 0 saturated carbocycles. The molecule has 2 aromatic rings. The number of aromatic nitrogens is 1. The molecule has 1 N–H and O–H groups in total. The van der Waals surface area contributed by atoms with Gasteiger partial charge in [0, 0.05) is 5.69 Å². The number of nitriles is 1. The summed E-state index contributed by atoms with van der Waals surface area (Å²) < 4.78 is 5.72. The first-order valence-electron chi connectivity index (χ1n) is 5.86. The van der Waals surface area contributed by atoms with E-state index in [0.717, 1.165) is 28.1 Å². The molecular weight excluding hydrogens is 256 g/mol. The summed E-state index contributed by atoms with van der Waals surface area (Å²) in [5.74, 6) is 0.855. The molecular formula is C15H14N2OS. The van der Waals surface area contributed by atoms with Crippen molar-refractivity contribution < 1.29 is 4.74 Å². The summed E-state index contributed by atoms with van der Waals surface area (Å²) in [5, 5.41) is 8.96. The fourth-order valence-electron chi connectivity index (χ4n) is 2.05. The topological polar surface area (TPSA) is 48.8 Å². The number of hydrogen-bond acceptors (Lipinski definition) is 3. The van der Waals surface area contributed by atoms with Gasteiger partial charge in [-0.15, -0.1) is 0 Å². The van der Waals surface area contributed by atoms with E-state index in [2.05, 4.69) is 11.1 Å². The lowest BCUT2D eigenvalue weighted by molar-refractivity contribution is 0.412. The zero-order valence-corrected chi connectivity index (χ0v) is 11.9. The molecule has 0 aliphatic heterocycles. The minimum Gasteiger partial charge on any atom is -0.496 e. The largest absolute Gasteiger partial charge is 0.496 e. The molecule has 0 aliphatic rings. The van der Waals surface area contributed by atoms with Crippen molar-refractivity contribution in [1.82, 2.24) is 4.98 Å². The first kappa shape index (κ1) is 13.3. The molecule has 1 aromatic heterocycles. The standard InChI is InChI=1S/C15H14N2OS/c1-9-6-11(4-5-13(9)18-3)14-10(2)7-12(8-16)15(19)17-14/h4-7H,1-3H3,(H,17,19). The highest BCUT2D eigenvalue weighted by atomic mass is 32.1. The predicted octanol–water partition coefficient (Wildman–Crippen LogP) is 3.91. The van der Waals surface area contributed by atoms with Crippen LogP contribution in [0.15, 0.2) is 24.3 Å². The summed E-state index contributed by atoms with van der Waals surface area (Å²) in [4.78, 5) is 3.13. The van der Waals surface area contributed by atoms with Crippen molar-refractivity contribution in [3.05, 3.63) is 45.6 Å². The van der Waals surface area contributed by atoms with E-state index in [4.69, 9.17) is 22.2 Å². The molecule has 0 radical (unpaired) electrons. The average molecular weight is 270 g/mol. The third kappa shape index (κ3) is 2.51. The Morgan fingerprint density at radius 2 is 1.95 bits per heavy atom. The van der Waals surface area contributed by atoms with Gasteiger partial charge >= 0.3 is 0 Å². The molecule has 0 atom stereocenters. The fraction of sp³-hybridized carbons (Fsp3) is 0.200. The normalized spacial score (nSPS) is 10.0. The Balaban J connectivity index is 2.60. The number of nitrogens with zero attached hydrogens (tertiary/aromatic N) is 1. The number of ether oxygens (including phenoxy) is 1. The summed E-state index contributed by atoms with van der Waals surface area (Å²) >= 11 is 5.18. The van der Waals surface area contributed by atoms with Gasteiger partial charge in [-0.05, 0) is 54.8 Å². The van der Waals surface area contributed by atoms with E-state index in [1.165, 1.54) is 0 Å². The van der Waals surface area contributed by atoms with Crippen molar-refractivity contribution in [3.63, 3.8) is 0 Å². The molecule has 0 amide bonds. The first-order chi connectivity index (χ1) is 9.06. The molecule has 0 spiro atoms. The molecule has 0 bridgehead atoms. The first-order valence-corrected chi connectivity index (χ1v) is 6.26. The molecule has 0 unspecified atom stereocenters. The highest BCUT2D eigenvalue weighted by molar-refractivity contribution is 7.71. The van der Waals surface area contributed by atoms with Crippen LogP contribution in [0.5, 0.6) is 5.75 Å². The lowest BCUT2D eigenvalue weighted by Crippen LogP contribution is -1.94. The Hall–Kier alpha value is -2.12. The number of rotatable bonds is 2. The Kier molecular flexibility index (Phi) is 3.68. The van der Waals surface area contributed by atoms with Crippen LogP contribution in [0.2, 0.25) is 0 Å². The molecule has 1 heterocycles. The van der Waals surface area contributed by atoms with Gasteiger partial charge in [0.2, 0.25) is 0 Å². The van der Waals surface area contributed by atoms with Gasteiger partial charge < -0.3 is 9.72 Å². The van der Waals surface area contributed by atoms with Crippen LogP contribution in [0, 0.1) is 29.8 Å². The minimum atomic E-state index is 0.469.